The van der Waals surface area contributed by atoms with Gasteiger partial charge in [-0.15, -0.1) is 0 Å². The summed E-state index contributed by atoms with van der Waals surface area (Å²) in [5, 5.41) is 0. The van der Waals surface area contributed by atoms with E-state index in [2.05, 4.69) is 0 Å². The summed E-state index contributed by atoms with van der Waals surface area (Å²) in [7, 11) is -3.47. The Morgan fingerprint density at radius 2 is 1.81 bits per heavy atom. The zero-order valence-electron chi connectivity index (χ0n) is 10.0. The molecule has 16 heavy (non-hydrogen) atoms. The predicted octanol–water partition coefficient (Wildman–Crippen LogP) is 2.92. The monoisotopic (exact) mass is 244 g/mol. The van der Waals surface area contributed by atoms with Crippen molar-refractivity contribution in [3.63, 3.8) is 0 Å². The fourth-order valence-corrected chi connectivity index (χ4v) is 2.32. The molecule has 0 aromatic heterocycles. The average molecular weight is 244 g/mol. The van der Waals surface area contributed by atoms with Gasteiger partial charge in [0.05, 0.1) is 5.75 Å². The van der Waals surface area contributed by atoms with Crippen LogP contribution in [-0.4, -0.2) is 14.2 Å². The lowest BCUT2D eigenvalue weighted by atomic mass is 9.87. The quantitative estimate of drug-likeness (QED) is 0.801. The molecular weight excluding hydrogens is 227 g/mol. The molecule has 1 aromatic carbocycles. The Hall–Kier alpha value is -0.900. The SMILES string of the molecule is CCS(=O)(=O)c1ccc(C(C)(C)C)cc1F. The van der Waals surface area contributed by atoms with E-state index in [9.17, 15) is 12.8 Å². The number of sulfone groups is 1. The minimum absolute atomic E-state index is 0.0845. The van der Waals surface area contributed by atoms with Gasteiger partial charge in [-0.1, -0.05) is 33.8 Å². The van der Waals surface area contributed by atoms with Crippen molar-refractivity contribution in [3.05, 3.63) is 29.6 Å². The number of benzene rings is 1. The Morgan fingerprint density at radius 3 is 2.19 bits per heavy atom. The molecule has 0 heterocycles. The lowest BCUT2D eigenvalue weighted by molar-refractivity contribution is 0.549. The van der Waals surface area contributed by atoms with Crippen LogP contribution in [0.3, 0.4) is 0 Å². The summed E-state index contributed by atoms with van der Waals surface area (Å²) in [5.74, 6) is -0.743. The molecule has 0 amide bonds. The number of hydrogen-bond donors (Lipinski definition) is 0. The van der Waals surface area contributed by atoms with Crippen molar-refractivity contribution in [3.8, 4) is 0 Å². The second-order valence-corrected chi connectivity index (χ2v) is 7.05. The van der Waals surface area contributed by atoms with E-state index in [1.807, 2.05) is 20.8 Å². The molecule has 0 aliphatic rings. The predicted molar refractivity (Wildman–Crippen MR) is 62.8 cm³/mol. The maximum Gasteiger partial charge on any atom is 0.180 e. The summed E-state index contributed by atoms with van der Waals surface area (Å²) >= 11 is 0. The van der Waals surface area contributed by atoms with Crippen LogP contribution in [0.4, 0.5) is 4.39 Å². The van der Waals surface area contributed by atoms with E-state index in [-0.39, 0.29) is 16.1 Å². The summed E-state index contributed by atoms with van der Waals surface area (Å²) in [4.78, 5) is -0.206. The second-order valence-electron chi connectivity index (χ2n) is 4.80. The summed E-state index contributed by atoms with van der Waals surface area (Å²) < 4.78 is 36.8. The van der Waals surface area contributed by atoms with Crippen molar-refractivity contribution in [1.82, 2.24) is 0 Å². The molecule has 0 aliphatic carbocycles. The highest BCUT2D eigenvalue weighted by molar-refractivity contribution is 7.91. The van der Waals surface area contributed by atoms with E-state index < -0.39 is 15.7 Å². The normalized spacial score (nSPS) is 12.8. The lowest BCUT2D eigenvalue weighted by Crippen LogP contribution is -2.13. The lowest BCUT2D eigenvalue weighted by Gasteiger charge is -2.19. The topological polar surface area (TPSA) is 34.1 Å². The summed E-state index contributed by atoms with van der Waals surface area (Å²) in [5.41, 5.74) is 0.607. The molecule has 0 radical (unpaired) electrons. The third-order valence-corrected chi connectivity index (χ3v) is 4.27. The maximum atomic E-state index is 13.7. The van der Waals surface area contributed by atoms with Crippen molar-refractivity contribution in [2.45, 2.75) is 38.0 Å². The first-order valence-electron chi connectivity index (χ1n) is 5.21. The van der Waals surface area contributed by atoms with Gasteiger partial charge in [0.25, 0.3) is 0 Å². The zero-order valence-corrected chi connectivity index (χ0v) is 10.9. The highest BCUT2D eigenvalue weighted by Gasteiger charge is 2.20. The van der Waals surface area contributed by atoms with E-state index in [1.54, 1.807) is 6.07 Å². The van der Waals surface area contributed by atoms with Crippen molar-refractivity contribution in [2.24, 2.45) is 0 Å². The van der Waals surface area contributed by atoms with Gasteiger partial charge in [-0.25, -0.2) is 12.8 Å². The molecule has 0 spiro atoms. The van der Waals surface area contributed by atoms with Crippen LogP contribution in [0.25, 0.3) is 0 Å². The van der Waals surface area contributed by atoms with Gasteiger partial charge in [0.2, 0.25) is 0 Å². The van der Waals surface area contributed by atoms with E-state index in [0.717, 1.165) is 5.56 Å². The van der Waals surface area contributed by atoms with Gasteiger partial charge >= 0.3 is 0 Å². The summed E-state index contributed by atoms with van der Waals surface area (Å²) in [6.07, 6.45) is 0. The Bertz CT molecular complexity index is 484. The highest BCUT2D eigenvalue weighted by Crippen LogP contribution is 2.26. The largest absolute Gasteiger partial charge is 0.224 e. The maximum absolute atomic E-state index is 13.7. The molecule has 2 nitrogen and oxygen atoms in total. The number of hydrogen-bond acceptors (Lipinski definition) is 2. The molecule has 0 saturated carbocycles. The third kappa shape index (κ3) is 2.61. The molecule has 0 bridgehead atoms. The minimum atomic E-state index is -3.47. The van der Waals surface area contributed by atoms with Crippen LogP contribution >= 0.6 is 0 Å². The van der Waals surface area contributed by atoms with Crippen LogP contribution in [0.5, 0.6) is 0 Å². The van der Waals surface area contributed by atoms with Gasteiger partial charge in [0.1, 0.15) is 10.7 Å². The van der Waals surface area contributed by atoms with Crippen molar-refractivity contribution >= 4 is 9.84 Å². The van der Waals surface area contributed by atoms with Crippen LogP contribution in [0, 0.1) is 5.82 Å². The first kappa shape index (κ1) is 13.2. The molecule has 0 atom stereocenters. The van der Waals surface area contributed by atoms with Crippen LogP contribution < -0.4 is 0 Å². The summed E-state index contributed by atoms with van der Waals surface area (Å²) in [6, 6.07) is 4.34. The van der Waals surface area contributed by atoms with Gasteiger partial charge in [0.15, 0.2) is 9.84 Å². The van der Waals surface area contributed by atoms with Crippen molar-refractivity contribution < 1.29 is 12.8 Å². The number of halogens is 1. The standard InChI is InChI=1S/C12H17FO2S/c1-5-16(14,15)11-7-6-9(8-10(11)13)12(2,3)4/h6-8H,5H2,1-4H3. The first-order valence-corrected chi connectivity index (χ1v) is 6.86. The molecule has 0 unspecified atom stereocenters. The van der Waals surface area contributed by atoms with E-state index in [1.165, 1.54) is 19.1 Å². The first-order chi connectivity index (χ1) is 7.18. The third-order valence-electron chi connectivity index (χ3n) is 2.51. The van der Waals surface area contributed by atoms with Crippen LogP contribution in [0.2, 0.25) is 0 Å². The molecular formula is C12H17FO2S. The van der Waals surface area contributed by atoms with Crippen molar-refractivity contribution in [1.29, 1.82) is 0 Å². The number of rotatable bonds is 2. The molecule has 4 heteroatoms. The zero-order chi connectivity index (χ0) is 12.6. The Balaban J connectivity index is 3.32. The highest BCUT2D eigenvalue weighted by atomic mass is 32.2. The van der Waals surface area contributed by atoms with Crippen LogP contribution in [0.15, 0.2) is 23.1 Å². The summed E-state index contributed by atoms with van der Waals surface area (Å²) in [6.45, 7) is 7.37. The van der Waals surface area contributed by atoms with E-state index in [0.29, 0.717) is 0 Å². The second kappa shape index (κ2) is 4.17. The van der Waals surface area contributed by atoms with Crippen molar-refractivity contribution in [2.75, 3.05) is 5.75 Å². The van der Waals surface area contributed by atoms with Gasteiger partial charge in [0, 0.05) is 0 Å². The fraction of sp³-hybridized carbons (Fsp3) is 0.500. The van der Waals surface area contributed by atoms with Gasteiger partial charge in [-0.05, 0) is 23.1 Å². The Morgan fingerprint density at radius 1 is 1.25 bits per heavy atom. The molecule has 90 valence electrons. The van der Waals surface area contributed by atoms with E-state index in [4.69, 9.17) is 0 Å². The fourth-order valence-electron chi connectivity index (χ4n) is 1.38. The minimum Gasteiger partial charge on any atom is -0.224 e. The molecule has 0 saturated heterocycles. The van der Waals surface area contributed by atoms with Gasteiger partial charge in [-0.3, -0.25) is 0 Å². The molecule has 0 aliphatic heterocycles. The van der Waals surface area contributed by atoms with Crippen LogP contribution in [0.1, 0.15) is 33.3 Å². The smallest absolute Gasteiger partial charge is 0.180 e. The molecule has 0 fully saturated rings. The van der Waals surface area contributed by atoms with Gasteiger partial charge in [-0.2, -0.15) is 0 Å². The Labute approximate surface area is 96.4 Å². The van der Waals surface area contributed by atoms with Gasteiger partial charge < -0.3 is 0 Å². The van der Waals surface area contributed by atoms with Crippen LogP contribution in [-0.2, 0) is 15.3 Å². The molecule has 0 N–H and O–H groups in total. The molecule has 1 aromatic rings. The average Bonchev–Trinajstić information content (AvgIpc) is 2.16. The molecule has 1 rings (SSSR count). The Kier molecular flexibility index (Phi) is 3.43. The van der Waals surface area contributed by atoms with E-state index >= 15 is 0 Å².